The lowest BCUT2D eigenvalue weighted by Gasteiger charge is -2.35. The first kappa shape index (κ1) is 19.7. The molecule has 0 bridgehead atoms. The van der Waals surface area contributed by atoms with Crippen LogP contribution in [0.4, 0.5) is 4.79 Å². The Morgan fingerprint density at radius 3 is 2.35 bits per heavy atom. The van der Waals surface area contributed by atoms with Gasteiger partial charge >= 0.3 is 17.6 Å². The fourth-order valence-corrected chi connectivity index (χ4v) is 2.57. The summed E-state index contributed by atoms with van der Waals surface area (Å²) in [7, 11) is 0. The van der Waals surface area contributed by atoms with Crippen molar-refractivity contribution in [1.29, 1.82) is 0 Å². The summed E-state index contributed by atoms with van der Waals surface area (Å²) in [5, 5.41) is 11.3. The van der Waals surface area contributed by atoms with Crippen LogP contribution in [0, 0.1) is 0 Å². The molecule has 10 heteroatoms. The van der Waals surface area contributed by atoms with Crippen LogP contribution in [0.15, 0.2) is 15.8 Å². The van der Waals surface area contributed by atoms with Gasteiger partial charge in [-0.15, -0.1) is 0 Å². The fraction of sp³-hybridized carbons (Fsp3) is 0.625. The average molecular weight is 368 g/mol. The minimum absolute atomic E-state index is 0.251. The van der Waals surface area contributed by atoms with Gasteiger partial charge in [-0.1, -0.05) is 0 Å². The van der Waals surface area contributed by atoms with E-state index < -0.39 is 29.1 Å². The normalized spacial score (nSPS) is 15.7. The average Bonchev–Trinajstić information content (AvgIpc) is 2.53. The molecule has 1 saturated heterocycles. The molecule has 10 nitrogen and oxygen atoms in total. The second-order valence-corrected chi connectivity index (χ2v) is 7.16. The molecule has 0 unspecified atom stereocenters. The van der Waals surface area contributed by atoms with Gasteiger partial charge in [0, 0.05) is 44.5 Å². The predicted molar refractivity (Wildman–Crippen MR) is 92.0 cm³/mol. The first-order chi connectivity index (χ1) is 12.1. The van der Waals surface area contributed by atoms with Crippen LogP contribution in [0.25, 0.3) is 0 Å². The van der Waals surface area contributed by atoms with E-state index in [-0.39, 0.29) is 18.2 Å². The van der Waals surface area contributed by atoms with E-state index in [1.165, 1.54) is 6.20 Å². The van der Waals surface area contributed by atoms with E-state index in [1.54, 1.807) is 25.7 Å². The summed E-state index contributed by atoms with van der Waals surface area (Å²) in [6.45, 7) is 7.07. The number of aromatic amines is 1. The summed E-state index contributed by atoms with van der Waals surface area (Å²) >= 11 is 0. The van der Waals surface area contributed by atoms with Crippen molar-refractivity contribution in [3.63, 3.8) is 0 Å². The van der Waals surface area contributed by atoms with Crippen LogP contribution in [0.1, 0.15) is 26.3 Å². The maximum Gasteiger partial charge on any atom is 0.410 e. The number of aliphatic carboxylic acids is 1. The molecule has 0 aliphatic carbocycles. The number of H-pyrrole nitrogens is 1. The van der Waals surface area contributed by atoms with Crippen molar-refractivity contribution >= 4 is 12.1 Å². The van der Waals surface area contributed by atoms with Crippen LogP contribution in [0.3, 0.4) is 0 Å². The van der Waals surface area contributed by atoms with Gasteiger partial charge in [0.2, 0.25) is 0 Å². The highest BCUT2D eigenvalue weighted by Crippen LogP contribution is 2.12. The summed E-state index contributed by atoms with van der Waals surface area (Å²) in [5.74, 6) is -1.21. The fourth-order valence-electron chi connectivity index (χ4n) is 2.57. The molecule has 0 aromatic carbocycles. The van der Waals surface area contributed by atoms with Crippen molar-refractivity contribution in [2.75, 3.05) is 26.2 Å². The van der Waals surface area contributed by atoms with E-state index in [2.05, 4.69) is 5.10 Å². The van der Waals surface area contributed by atoms with E-state index in [1.807, 2.05) is 4.90 Å². The Kier molecular flexibility index (Phi) is 5.86. The van der Waals surface area contributed by atoms with Crippen LogP contribution in [-0.4, -0.2) is 68.5 Å². The Morgan fingerprint density at radius 1 is 1.19 bits per heavy atom. The first-order valence-electron chi connectivity index (χ1n) is 8.30. The number of carbonyl (C=O) groups excluding carboxylic acids is 1. The third-order valence-corrected chi connectivity index (χ3v) is 3.84. The lowest BCUT2D eigenvalue weighted by molar-refractivity contribution is -0.138. The smallest absolute Gasteiger partial charge is 0.410 e. The summed E-state index contributed by atoms with van der Waals surface area (Å²) < 4.78 is 6.09. The number of carbonyl (C=O) groups is 2. The van der Waals surface area contributed by atoms with Crippen LogP contribution in [0.5, 0.6) is 0 Å². The molecule has 1 fully saturated rings. The second-order valence-electron chi connectivity index (χ2n) is 7.16. The van der Waals surface area contributed by atoms with Crippen molar-refractivity contribution in [3.8, 4) is 0 Å². The van der Waals surface area contributed by atoms with Gasteiger partial charge in [0.1, 0.15) is 12.1 Å². The van der Waals surface area contributed by atoms with Crippen molar-refractivity contribution in [2.24, 2.45) is 0 Å². The molecule has 2 rings (SSSR count). The van der Waals surface area contributed by atoms with Crippen LogP contribution in [0.2, 0.25) is 0 Å². The summed E-state index contributed by atoms with van der Waals surface area (Å²) in [5.41, 5.74) is -1.90. The maximum atomic E-state index is 12.1. The number of hydrogen-bond donors (Lipinski definition) is 2. The molecule has 0 radical (unpaired) electrons. The SMILES string of the molecule is CC(C)(C)OC(=O)N1CCN(Cc2c[nH]n(CC(=O)O)c(=O)c2=O)CC1. The number of hydrogen-bond acceptors (Lipinski definition) is 6. The van der Waals surface area contributed by atoms with E-state index in [9.17, 15) is 19.2 Å². The van der Waals surface area contributed by atoms with Crippen molar-refractivity contribution in [2.45, 2.75) is 39.5 Å². The molecule has 0 spiro atoms. The highest BCUT2D eigenvalue weighted by Gasteiger charge is 2.26. The predicted octanol–water partition coefficient (Wildman–Crippen LogP) is -0.326. The summed E-state index contributed by atoms with van der Waals surface area (Å²) in [6, 6.07) is 0. The standard InChI is InChI=1S/C16H24N4O6/c1-16(2,3)26-15(25)19-6-4-18(5-7-19)9-11-8-17-20(10-12(21)22)14(24)13(11)23/h8,17H,4-7,9-10H2,1-3H3,(H,21,22). The zero-order valence-corrected chi connectivity index (χ0v) is 15.2. The molecule has 1 amide bonds. The Morgan fingerprint density at radius 2 is 1.81 bits per heavy atom. The zero-order valence-electron chi connectivity index (χ0n) is 15.2. The number of nitrogens with zero attached hydrogens (tertiary/aromatic N) is 3. The third kappa shape index (κ3) is 5.19. The van der Waals surface area contributed by atoms with E-state index in [0.717, 1.165) is 4.68 Å². The Balaban J connectivity index is 1.97. The number of nitrogens with one attached hydrogen (secondary N) is 1. The van der Waals surface area contributed by atoms with Crippen LogP contribution in [-0.2, 0) is 22.6 Å². The van der Waals surface area contributed by atoms with Gasteiger partial charge in [0.15, 0.2) is 0 Å². The van der Waals surface area contributed by atoms with Gasteiger partial charge in [-0.05, 0) is 20.8 Å². The molecule has 1 aliphatic rings. The molecule has 0 atom stereocenters. The molecule has 1 aliphatic heterocycles. The molecule has 1 aromatic rings. The largest absolute Gasteiger partial charge is 0.480 e. The molecular formula is C16H24N4O6. The lowest BCUT2D eigenvalue weighted by Crippen LogP contribution is -2.50. The number of amides is 1. The number of aromatic nitrogens is 2. The van der Waals surface area contributed by atoms with Crippen molar-refractivity contribution in [3.05, 3.63) is 32.3 Å². The van der Waals surface area contributed by atoms with Gasteiger partial charge in [0.25, 0.3) is 5.43 Å². The van der Waals surface area contributed by atoms with E-state index in [0.29, 0.717) is 26.2 Å². The summed E-state index contributed by atoms with van der Waals surface area (Å²) in [4.78, 5) is 50.3. The van der Waals surface area contributed by atoms with Gasteiger partial charge in [-0.25, -0.2) is 9.48 Å². The number of piperazine rings is 1. The van der Waals surface area contributed by atoms with Crippen molar-refractivity contribution in [1.82, 2.24) is 19.6 Å². The van der Waals surface area contributed by atoms with Crippen LogP contribution >= 0.6 is 0 Å². The monoisotopic (exact) mass is 368 g/mol. The van der Waals surface area contributed by atoms with Crippen LogP contribution < -0.4 is 11.0 Å². The number of ether oxygens (including phenoxy) is 1. The van der Waals surface area contributed by atoms with Gasteiger partial charge < -0.3 is 19.8 Å². The Bertz CT molecular complexity index is 783. The highest BCUT2D eigenvalue weighted by molar-refractivity contribution is 5.68. The quantitative estimate of drug-likeness (QED) is 0.697. The number of carboxylic acid groups (broad SMARTS) is 1. The second kappa shape index (κ2) is 7.73. The first-order valence-corrected chi connectivity index (χ1v) is 8.30. The molecule has 2 heterocycles. The minimum atomic E-state index is -1.21. The van der Waals surface area contributed by atoms with E-state index in [4.69, 9.17) is 9.84 Å². The third-order valence-electron chi connectivity index (χ3n) is 3.84. The van der Waals surface area contributed by atoms with Gasteiger partial charge in [-0.2, -0.15) is 0 Å². The van der Waals surface area contributed by atoms with Gasteiger partial charge in [0.05, 0.1) is 0 Å². The number of carboxylic acids is 1. The highest BCUT2D eigenvalue weighted by atomic mass is 16.6. The number of rotatable bonds is 4. The topological polar surface area (TPSA) is 125 Å². The molecule has 1 aromatic heterocycles. The van der Waals surface area contributed by atoms with Gasteiger partial charge in [-0.3, -0.25) is 19.3 Å². The molecular weight excluding hydrogens is 344 g/mol. The molecule has 26 heavy (non-hydrogen) atoms. The summed E-state index contributed by atoms with van der Waals surface area (Å²) in [6.07, 6.45) is 0.985. The molecule has 0 saturated carbocycles. The Labute approximate surface area is 149 Å². The molecule has 2 N–H and O–H groups in total. The zero-order chi connectivity index (χ0) is 19.5. The molecule has 144 valence electrons. The van der Waals surface area contributed by atoms with Crippen molar-refractivity contribution < 1.29 is 19.4 Å². The Hall–Kier alpha value is -2.62. The lowest BCUT2D eigenvalue weighted by atomic mass is 10.2. The van der Waals surface area contributed by atoms with E-state index >= 15 is 0 Å². The minimum Gasteiger partial charge on any atom is -0.480 e. The maximum absolute atomic E-state index is 12.1.